The van der Waals surface area contributed by atoms with Crippen molar-refractivity contribution >= 4 is 23.5 Å². The van der Waals surface area contributed by atoms with E-state index in [4.69, 9.17) is 21.4 Å². The van der Waals surface area contributed by atoms with E-state index < -0.39 is 5.97 Å². The lowest BCUT2D eigenvalue weighted by Gasteiger charge is -2.01. The van der Waals surface area contributed by atoms with Gasteiger partial charge in [0.05, 0.1) is 13.2 Å². The second-order valence-electron chi connectivity index (χ2n) is 4.74. The van der Waals surface area contributed by atoms with Crippen molar-refractivity contribution in [1.82, 2.24) is 0 Å². The highest BCUT2D eigenvalue weighted by molar-refractivity contribution is 6.25. The number of aliphatic hydroxyl groups is 1. The number of rotatable bonds is 12. The molecule has 0 aliphatic heterocycles. The van der Waals surface area contributed by atoms with Crippen LogP contribution in [0.15, 0.2) is 37.4 Å². The van der Waals surface area contributed by atoms with E-state index in [0.29, 0.717) is 13.0 Å². The molecular formula is C19H33ClO5. The van der Waals surface area contributed by atoms with Crippen LogP contribution in [0.3, 0.4) is 0 Å². The maximum Gasteiger partial charge on any atom is 0.330 e. The van der Waals surface area contributed by atoms with Crippen molar-refractivity contribution in [2.75, 3.05) is 19.8 Å². The van der Waals surface area contributed by atoms with E-state index in [2.05, 4.69) is 31.4 Å². The van der Waals surface area contributed by atoms with Gasteiger partial charge in [-0.25, -0.2) is 9.59 Å². The number of esters is 2. The lowest BCUT2D eigenvalue weighted by atomic mass is 10.1. The van der Waals surface area contributed by atoms with Crippen LogP contribution in [0.4, 0.5) is 0 Å². The van der Waals surface area contributed by atoms with Crippen LogP contribution in [0.5, 0.6) is 0 Å². The summed E-state index contributed by atoms with van der Waals surface area (Å²) in [6, 6.07) is 0. The van der Waals surface area contributed by atoms with E-state index in [0.717, 1.165) is 18.9 Å². The summed E-state index contributed by atoms with van der Waals surface area (Å²) in [5, 5.41) is 8.23. The molecule has 146 valence electrons. The van der Waals surface area contributed by atoms with Gasteiger partial charge in [-0.1, -0.05) is 70.4 Å². The molecule has 0 radical (unpaired) electrons. The number of ether oxygens (including phenoxy) is 2. The predicted molar refractivity (Wildman–Crippen MR) is 103 cm³/mol. The first-order chi connectivity index (χ1) is 12.0. The zero-order chi connectivity index (χ0) is 19.8. The number of unbranched alkanes of at least 4 members (excludes halogenated alkanes) is 5. The summed E-state index contributed by atoms with van der Waals surface area (Å²) in [4.78, 5) is 20.9. The van der Waals surface area contributed by atoms with Gasteiger partial charge in [-0.3, -0.25) is 0 Å². The highest BCUT2D eigenvalue weighted by Gasteiger charge is 1.94. The van der Waals surface area contributed by atoms with Crippen molar-refractivity contribution in [2.24, 2.45) is 0 Å². The van der Waals surface area contributed by atoms with Gasteiger partial charge < -0.3 is 14.6 Å². The number of halogens is 1. The topological polar surface area (TPSA) is 72.8 Å². The van der Waals surface area contributed by atoms with Gasteiger partial charge >= 0.3 is 11.9 Å². The van der Waals surface area contributed by atoms with Gasteiger partial charge in [0, 0.05) is 25.2 Å². The van der Waals surface area contributed by atoms with Crippen LogP contribution in [0.1, 0.15) is 51.9 Å². The van der Waals surface area contributed by atoms with Crippen LogP contribution in [0, 0.1) is 0 Å². The molecule has 25 heavy (non-hydrogen) atoms. The summed E-state index contributed by atoms with van der Waals surface area (Å²) in [7, 11) is 0. The highest BCUT2D eigenvalue weighted by Crippen LogP contribution is 2.04. The molecule has 0 bridgehead atoms. The number of carbonyl (C=O) groups is 2. The van der Waals surface area contributed by atoms with Crippen LogP contribution in [0.25, 0.3) is 0 Å². The second-order valence-corrected chi connectivity index (χ2v) is 5.05. The van der Waals surface area contributed by atoms with Gasteiger partial charge in [-0.15, -0.1) is 0 Å². The maximum atomic E-state index is 10.6. The Labute approximate surface area is 157 Å². The number of hydrogen-bond acceptors (Lipinski definition) is 5. The molecule has 0 fully saturated rings. The van der Waals surface area contributed by atoms with Crippen LogP contribution < -0.4 is 0 Å². The average Bonchev–Trinajstić information content (AvgIpc) is 2.62. The first-order valence-corrected chi connectivity index (χ1v) is 8.87. The van der Waals surface area contributed by atoms with Crippen molar-refractivity contribution in [3.63, 3.8) is 0 Å². The Balaban J connectivity index is -0.000000350. The van der Waals surface area contributed by atoms with Crippen molar-refractivity contribution < 1.29 is 24.2 Å². The van der Waals surface area contributed by atoms with E-state index >= 15 is 0 Å². The smallest absolute Gasteiger partial charge is 0.330 e. The summed E-state index contributed by atoms with van der Waals surface area (Å²) < 4.78 is 9.36. The quantitative estimate of drug-likeness (QED) is 0.307. The first kappa shape index (κ1) is 28.2. The molecule has 0 amide bonds. The molecule has 0 aromatic rings. The monoisotopic (exact) mass is 376 g/mol. The van der Waals surface area contributed by atoms with E-state index in [9.17, 15) is 9.59 Å². The number of aliphatic hydroxyl groups excluding tert-OH is 1. The number of carbonyl (C=O) groups excluding carboxylic acids is 2. The van der Waals surface area contributed by atoms with Crippen molar-refractivity contribution in [2.45, 2.75) is 51.9 Å². The Kier molecular flexibility index (Phi) is 30.8. The molecule has 0 saturated heterocycles. The van der Waals surface area contributed by atoms with Gasteiger partial charge in [0.25, 0.3) is 0 Å². The molecular weight excluding hydrogens is 344 g/mol. The minimum absolute atomic E-state index is 0.0461. The summed E-state index contributed by atoms with van der Waals surface area (Å²) in [6.07, 6.45) is 10.0. The molecule has 0 saturated carbocycles. The van der Waals surface area contributed by atoms with Crippen LogP contribution >= 0.6 is 11.6 Å². The third-order valence-corrected chi connectivity index (χ3v) is 2.62. The SMILES string of the molecule is C=CC(=O)OCCCCCCCC.C=CC(=O)OCCCO.C=CCl. The Morgan fingerprint density at radius 2 is 1.28 bits per heavy atom. The van der Waals surface area contributed by atoms with E-state index in [-0.39, 0.29) is 19.2 Å². The van der Waals surface area contributed by atoms with Crippen LogP contribution in [0.2, 0.25) is 0 Å². The minimum atomic E-state index is -0.441. The molecule has 0 rings (SSSR count). The Morgan fingerprint density at radius 3 is 1.68 bits per heavy atom. The van der Waals surface area contributed by atoms with Crippen molar-refractivity contribution in [3.05, 3.63) is 37.4 Å². The van der Waals surface area contributed by atoms with Gasteiger partial charge in [0.1, 0.15) is 0 Å². The lowest BCUT2D eigenvalue weighted by molar-refractivity contribution is -0.138. The molecule has 1 N–H and O–H groups in total. The molecule has 0 aliphatic rings. The molecule has 0 aromatic heterocycles. The second kappa shape index (κ2) is 27.3. The third kappa shape index (κ3) is 34.7. The lowest BCUT2D eigenvalue weighted by Crippen LogP contribution is -2.02. The van der Waals surface area contributed by atoms with Crippen LogP contribution in [-0.2, 0) is 19.1 Å². The molecule has 0 spiro atoms. The Bertz CT molecular complexity index is 343. The molecule has 0 aliphatic carbocycles. The first-order valence-electron chi connectivity index (χ1n) is 8.44. The highest BCUT2D eigenvalue weighted by atomic mass is 35.5. The number of hydrogen-bond donors (Lipinski definition) is 1. The third-order valence-electron chi connectivity index (χ3n) is 2.62. The summed E-state index contributed by atoms with van der Waals surface area (Å²) in [6.45, 7) is 12.7. The van der Waals surface area contributed by atoms with Gasteiger partial charge in [0.15, 0.2) is 0 Å². The van der Waals surface area contributed by atoms with Crippen molar-refractivity contribution in [3.8, 4) is 0 Å². The standard InChI is InChI=1S/C11H20O2.C6H10O3.C2H3Cl/c1-3-5-6-7-8-9-10-13-11(12)4-2;1-2-6(8)9-5-3-4-7;1-2-3/h4H,2-3,5-10H2,1H3;2,7H,1,3-5H2;2H,1H2. The Morgan fingerprint density at radius 1 is 0.880 bits per heavy atom. The Hall–Kier alpha value is -1.59. The summed E-state index contributed by atoms with van der Waals surface area (Å²) in [5.41, 5.74) is 1.22. The molecule has 0 aromatic carbocycles. The van der Waals surface area contributed by atoms with E-state index in [1.54, 1.807) is 0 Å². The van der Waals surface area contributed by atoms with Gasteiger partial charge in [-0.05, 0) is 12.0 Å². The fourth-order valence-corrected chi connectivity index (χ4v) is 1.41. The molecule has 0 heterocycles. The summed E-state index contributed by atoms with van der Waals surface area (Å²) >= 11 is 4.76. The molecule has 6 heteroatoms. The zero-order valence-corrected chi connectivity index (χ0v) is 16.1. The summed E-state index contributed by atoms with van der Waals surface area (Å²) in [5.74, 6) is -0.753. The average molecular weight is 377 g/mol. The predicted octanol–water partition coefficient (Wildman–Crippen LogP) is 4.54. The largest absolute Gasteiger partial charge is 0.463 e. The minimum Gasteiger partial charge on any atom is -0.463 e. The molecule has 0 unspecified atom stereocenters. The van der Waals surface area contributed by atoms with Gasteiger partial charge in [-0.2, -0.15) is 0 Å². The van der Waals surface area contributed by atoms with E-state index in [1.165, 1.54) is 37.3 Å². The maximum absolute atomic E-state index is 10.6. The van der Waals surface area contributed by atoms with E-state index in [1.807, 2.05) is 0 Å². The fourth-order valence-electron chi connectivity index (χ4n) is 1.41. The molecule has 0 atom stereocenters. The van der Waals surface area contributed by atoms with Crippen molar-refractivity contribution in [1.29, 1.82) is 0 Å². The zero-order valence-electron chi connectivity index (χ0n) is 15.4. The molecule has 5 nitrogen and oxygen atoms in total. The van der Waals surface area contributed by atoms with Gasteiger partial charge in [0.2, 0.25) is 0 Å². The fraction of sp³-hybridized carbons (Fsp3) is 0.579. The van der Waals surface area contributed by atoms with Crippen LogP contribution in [-0.4, -0.2) is 36.9 Å². The normalized spacial score (nSPS) is 8.60.